The third-order valence-electron chi connectivity index (χ3n) is 8.72. The molecule has 6 aromatic rings. The van der Waals surface area contributed by atoms with E-state index in [-0.39, 0.29) is 29.8 Å². The van der Waals surface area contributed by atoms with Crippen LogP contribution >= 0.6 is 11.8 Å². The fraction of sp³-hybridized carbons (Fsp3) is 0.0652. The fourth-order valence-corrected chi connectivity index (χ4v) is 6.86. The molecule has 1 unspecified atom stereocenters. The lowest BCUT2D eigenvalue weighted by Gasteiger charge is -2.17. The van der Waals surface area contributed by atoms with E-state index in [9.17, 15) is 19.2 Å². The molecule has 1 atom stereocenters. The fourth-order valence-electron chi connectivity index (χ4n) is 5.84. The van der Waals surface area contributed by atoms with Crippen LogP contribution < -0.4 is 25.7 Å². The molecule has 0 saturated heterocycles. The number of amides is 4. The van der Waals surface area contributed by atoms with Crippen molar-refractivity contribution in [1.82, 2.24) is 10.6 Å². The Hall–Kier alpha value is -7.24. The van der Waals surface area contributed by atoms with Gasteiger partial charge < -0.3 is 20.7 Å². The van der Waals surface area contributed by atoms with Crippen LogP contribution in [0.25, 0.3) is 6.08 Å². The summed E-state index contributed by atoms with van der Waals surface area (Å²) in [6.07, 6.45) is 1.57. The van der Waals surface area contributed by atoms with Gasteiger partial charge in [-0.3, -0.25) is 19.2 Å². The number of carbonyl (C=O) groups is 4. The number of nitrogens with one attached hydrogen (secondary N) is 3. The molecule has 282 valence electrons. The second-order valence-electron chi connectivity index (χ2n) is 12.9. The predicted molar refractivity (Wildman–Crippen MR) is 223 cm³/mol. The number of carbonyl (C=O) groups excluding carboxylic acids is 4. The summed E-state index contributed by atoms with van der Waals surface area (Å²) in [7, 11) is 0. The maximum atomic E-state index is 13.7. The van der Waals surface area contributed by atoms with Crippen LogP contribution in [0.4, 0.5) is 11.4 Å². The van der Waals surface area contributed by atoms with Crippen molar-refractivity contribution in [3.8, 4) is 5.75 Å². The minimum Gasteiger partial charge on any atom is -0.489 e. The highest BCUT2D eigenvalue weighted by Gasteiger charge is 2.29. The van der Waals surface area contributed by atoms with Crippen molar-refractivity contribution >= 4 is 58.7 Å². The van der Waals surface area contributed by atoms with Gasteiger partial charge in [0.25, 0.3) is 17.7 Å². The van der Waals surface area contributed by atoms with Crippen molar-refractivity contribution in [2.45, 2.75) is 23.2 Å². The third-order valence-corrected chi connectivity index (χ3v) is 9.98. The first-order chi connectivity index (χ1) is 27.9. The number of anilines is 2. The van der Waals surface area contributed by atoms with Crippen LogP contribution in [0.5, 0.6) is 5.75 Å². The molecule has 0 aromatic heterocycles. The monoisotopic (exact) mass is 771 g/mol. The maximum absolute atomic E-state index is 13.7. The number of hydrogen-bond donors (Lipinski definition) is 3. The molecule has 57 heavy (non-hydrogen) atoms. The Morgan fingerprint density at radius 1 is 0.719 bits per heavy atom. The van der Waals surface area contributed by atoms with Gasteiger partial charge in [-0.1, -0.05) is 109 Å². The van der Waals surface area contributed by atoms with Gasteiger partial charge in [-0.05, 0) is 83.4 Å². The van der Waals surface area contributed by atoms with Crippen LogP contribution in [-0.4, -0.2) is 29.5 Å². The molecule has 0 bridgehead atoms. The van der Waals surface area contributed by atoms with Crippen LogP contribution in [0.15, 0.2) is 186 Å². The van der Waals surface area contributed by atoms with Crippen LogP contribution in [0.1, 0.15) is 38.7 Å². The number of ether oxygens (including phenoxy) is 1. The van der Waals surface area contributed by atoms with Crippen LogP contribution in [0.3, 0.4) is 0 Å². The van der Waals surface area contributed by atoms with E-state index in [1.807, 2.05) is 109 Å². The summed E-state index contributed by atoms with van der Waals surface area (Å²) in [5, 5.41) is 13.5. The Bertz CT molecular complexity index is 2390. The normalized spacial score (nSPS) is 13.0. The van der Waals surface area contributed by atoms with E-state index in [1.54, 1.807) is 66.7 Å². The van der Waals surface area contributed by atoms with Crippen molar-refractivity contribution < 1.29 is 23.9 Å². The Balaban J connectivity index is 1.04. The Morgan fingerprint density at radius 3 is 2.00 bits per heavy atom. The molecular formula is C46H37N5O5S. The summed E-state index contributed by atoms with van der Waals surface area (Å²) in [6, 6.07) is 51.2. The van der Waals surface area contributed by atoms with Crippen molar-refractivity contribution in [3.05, 3.63) is 198 Å². The first-order valence-electron chi connectivity index (χ1n) is 18.1. The minimum absolute atomic E-state index is 0.0298. The number of hydrogen-bond acceptors (Lipinski definition) is 7. The highest BCUT2D eigenvalue weighted by atomic mass is 32.2. The number of thioether (sulfide) groups is 1. The van der Waals surface area contributed by atoms with Crippen LogP contribution in [0.2, 0.25) is 0 Å². The average Bonchev–Trinajstić information content (AvgIpc) is 3.63. The van der Waals surface area contributed by atoms with Gasteiger partial charge in [-0.25, -0.2) is 0 Å². The molecule has 0 radical (unpaired) electrons. The Morgan fingerprint density at radius 2 is 1.33 bits per heavy atom. The van der Waals surface area contributed by atoms with Crippen molar-refractivity contribution in [2.24, 2.45) is 5.10 Å². The molecule has 1 heterocycles. The lowest BCUT2D eigenvalue weighted by atomic mass is 10.1. The van der Waals surface area contributed by atoms with Gasteiger partial charge in [0.15, 0.2) is 0 Å². The number of para-hydroxylation sites is 1. The molecule has 11 heteroatoms. The smallest absolute Gasteiger partial charge is 0.272 e. The second kappa shape index (κ2) is 18.4. The van der Waals surface area contributed by atoms with Gasteiger partial charge in [0.2, 0.25) is 5.91 Å². The maximum Gasteiger partial charge on any atom is 0.272 e. The molecular weight excluding hydrogens is 735 g/mol. The molecule has 0 spiro atoms. The molecule has 3 N–H and O–H groups in total. The molecule has 7 rings (SSSR count). The largest absolute Gasteiger partial charge is 0.489 e. The molecule has 0 saturated carbocycles. The van der Waals surface area contributed by atoms with Gasteiger partial charge in [-0.2, -0.15) is 10.1 Å². The van der Waals surface area contributed by atoms with Gasteiger partial charge in [-0.15, -0.1) is 11.8 Å². The number of rotatable bonds is 13. The van der Waals surface area contributed by atoms with Crippen molar-refractivity contribution in [2.75, 3.05) is 10.3 Å². The van der Waals surface area contributed by atoms with E-state index in [0.29, 0.717) is 34.9 Å². The first-order valence-corrected chi connectivity index (χ1v) is 19.0. The number of hydrazone groups is 1. The average molecular weight is 772 g/mol. The number of benzene rings is 6. The van der Waals surface area contributed by atoms with Gasteiger partial charge in [0, 0.05) is 16.1 Å². The lowest BCUT2D eigenvalue weighted by molar-refractivity contribution is -0.119. The summed E-state index contributed by atoms with van der Waals surface area (Å²) in [6.45, 7) is 0.417. The first kappa shape index (κ1) is 38.1. The van der Waals surface area contributed by atoms with Crippen molar-refractivity contribution in [1.29, 1.82) is 0 Å². The Labute approximate surface area is 334 Å². The quantitative estimate of drug-likeness (QED) is 0.0800. The van der Waals surface area contributed by atoms with E-state index in [2.05, 4.69) is 21.1 Å². The number of amidine groups is 1. The lowest BCUT2D eigenvalue weighted by Crippen LogP contribution is -2.33. The number of nitrogens with zero attached hydrogens (tertiary/aromatic N) is 2. The predicted octanol–water partition coefficient (Wildman–Crippen LogP) is 8.38. The zero-order valence-electron chi connectivity index (χ0n) is 30.6. The van der Waals surface area contributed by atoms with Gasteiger partial charge in [0.1, 0.15) is 29.1 Å². The molecule has 0 fully saturated rings. The summed E-state index contributed by atoms with van der Waals surface area (Å²) < 4.78 is 5.91. The summed E-state index contributed by atoms with van der Waals surface area (Å²) in [5.74, 6) is -0.594. The molecule has 1 aliphatic rings. The zero-order chi connectivity index (χ0) is 39.4. The molecule has 1 aliphatic heterocycles. The summed E-state index contributed by atoms with van der Waals surface area (Å²) >= 11 is 1.32. The standard InChI is InChI=1S/C46H37N5O5S/c52-42-30-41(50-51(42)37-19-11-4-12-20-37)49-46(55)43(34-15-7-2-8-16-34)57-39-27-23-36(24-28-39)47-45(54)40(48-44(53)35-17-9-3-10-18-35)29-32-21-25-38(26-22-32)56-31-33-13-5-1-6-14-33/h1-29,43H,30-31H2,(H,47,54)(H,48,53)(H,49,50,55)/b40-29-. The van der Waals surface area contributed by atoms with Gasteiger partial charge >= 0.3 is 0 Å². The second-order valence-corrected chi connectivity index (χ2v) is 14.0. The van der Waals surface area contributed by atoms with Crippen molar-refractivity contribution in [3.63, 3.8) is 0 Å². The third kappa shape index (κ3) is 10.3. The molecule has 0 aliphatic carbocycles. The van der Waals surface area contributed by atoms with E-state index in [1.165, 1.54) is 16.8 Å². The van der Waals surface area contributed by atoms with Gasteiger partial charge in [0.05, 0.1) is 12.1 Å². The Kier molecular flexibility index (Phi) is 12.3. The molecule has 6 aromatic carbocycles. The van der Waals surface area contributed by atoms with Crippen LogP contribution in [0, 0.1) is 0 Å². The van der Waals surface area contributed by atoms with E-state index >= 15 is 0 Å². The molecule has 10 nitrogen and oxygen atoms in total. The van der Waals surface area contributed by atoms with E-state index in [0.717, 1.165) is 16.0 Å². The van der Waals surface area contributed by atoms with E-state index in [4.69, 9.17) is 4.74 Å². The zero-order valence-corrected chi connectivity index (χ0v) is 31.4. The topological polar surface area (TPSA) is 129 Å². The molecule has 4 amide bonds. The SMILES string of the molecule is O=C(Nc1ccc(SC(C(=O)NC2=NN(c3ccccc3)C(=O)C2)c2ccccc2)cc1)/C(=C/c1ccc(OCc2ccccc2)cc1)NC(=O)c1ccccc1. The highest BCUT2D eigenvalue weighted by molar-refractivity contribution is 8.00. The highest BCUT2D eigenvalue weighted by Crippen LogP contribution is 2.36. The van der Waals surface area contributed by atoms with Crippen LogP contribution in [-0.2, 0) is 21.0 Å². The summed E-state index contributed by atoms with van der Waals surface area (Å²) in [4.78, 5) is 54.2. The minimum atomic E-state index is -0.673. The van der Waals surface area contributed by atoms with E-state index < -0.39 is 17.1 Å². The summed E-state index contributed by atoms with van der Waals surface area (Å²) in [5.41, 5.74) is 4.03.